The first-order valence-corrected chi connectivity index (χ1v) is 9.41. The molecule has 0 heterocycles. The Morgan fingerprint density at radius 2 is 0.455 bits per heavy atom. The zero-order chi connectivity index (χ0) is 14.0. The third kappa shape index (κ3) is 29.8. The molecule has 0 saturated carbocycles. The SMILES string of the molecule is CCCCCCCCCCCCCCCCCCC.[Ca+2].[Cl-].[Cl-]. The molecule has 0 aromatic rings. The van der Waals surface area contributed by atoms with Crippen LogP contribution in [0.25, 0.3) is 0 Å². The van der Waals surface area contributed by atoms with Gasteiger partial charge in [-0.1, -0.05) is 123 Å². The molecule has 0 aromatic carbocycles. The van der Waals surface area contributed by atoms with Crippen LogP contribution in [0, 0.1) is 0 Å². The number of halogens is 2. The molecule has 0 fully saturated rings. The Morgan fingerprint density at radius 1 is 0.318 bits per heavy atom. The van der Waals surface area contributed by atoms with Crippen LogP contribution < -0.4 is 24.8 Å². The molecule has 0 aromatic heterocycles. The Bertz CT molecular complexity index is 138. The van der Waals surface area contributed by atoms with Crippen LogP contribution in [0.15, 0.2) is 0 Å². The smallest absolute Gasteiger partial charge is 1.00 e. The van der Waals surface area contributed by atoms with Crippen molar-refractivity contribution in [2.24, 2.45) is 0 Å². The molecule has 3 heteroatoms. The van der Waals surface area contributed by atoms with Crippen molar-refractivity contribution in [2.45, 2.75) is 123 Å². The normalized spacial score (nSPS) is 9.55. The van der Waals surface area contributed by atoms with Gasteiger partial charge in [0.25, 0.3) is 0 Å². The Kier molecular flexibility index (Phi) is 44.1. The summed E-state index contributed by atoms with van der Waals surface area (Å²) in [7, 11) is 0. The average molecular weight is 380 g/mol. The van der Waals surface area contributed by atoms with Gasteiger partial charge in [0.2, 0.25) is 0 Å². The summed E-state index contributed by atoms with van der Waals surface area (Å²) in [4.78, 5) is 0. The van der Waals surface area contributed by atoms with Crippen molar-refractivity contribution in [3.8, 4) is 0 Å². The number of unbranched alkanes of at least 4 members (excludes halogenated alkanes) is 16. The second-order valence-corrected chi connectivity index (χ2v) is 6.30. The van der Waals surface area contributed by atoms with Gasteiger partial charge < -0.3 is 24.8 Å². The fourth-order valence-electron chi connectivity index (χ4n) is 2.80. The molecule has 132 valence electrons. The largest absolute Gasteiger partial charge is 2.00 e. The fraction of sp³-hybridized carbons (Fsp3) is 1.00. The predicted molar refractivity (Wildman–Crippen MR) is 95.6 cm³/mol. The molecule has 0 bridgehead atoms. The maximum Gasteiger partial charge on any atom is 2.00 e. The van der Waals surface area contributed by atoms with E-state index in [4.69, 9.17) is 0 Å². The fourth-order valence-corrected chi connectivity index (χ4v) is 2.80. The van der Waals surface area contributed by atoms with Crippen LogP contribution in [0.2, 0.25) is 0 Å². The minimum atomic E-state index is 0. The van der Waals surface area contributed by atoms with Crippen LogP contribution in [0.1, 0.15) is 123 Å². The van der Waals surface area contributed by atoms with E-state index in [1.54, 1.807) is 0 Å². The van der Waals surface area contributed by atoms with Crippen LogP contribution in [0.3, 0.4) is 0 Å². The van der Waals surface area contributed by atoms with Crippen molar-refractivity contribution in [2.75, 3.05) is 0 Å². The van der Waals surface area contributed by atoms with E-state index in [0.29, 0.717) is 0 Å². The van der Waals surface area contributed by atoms with Crippen molar-refractivity contribution in [1.82, 2.24) is 0 Å². The molecule has 22 heavy (non-hydrogen) atoms. The van der Waals surface area contributed by atoms with Crippen molar-refractivity contribution < 1.29 is 24.8 Å². The molecule has 0 radical (unpaired) electrons. The van der Waals surface area contributed by atoms with Gasteiger partial charge in [-0.2, -0.15) is 0 Å². The van der Waals surface area contributed by atoms with Crippen LogP contribution >= 0.6 is 0 Å². The van der Waals surface area contributed by atoms with Crippen molar-refractivity contribution in [3.63, 3.8) is 0 Å². The summed E-state index contributed by atoms with van der Waals surface area (Å²) in [5, 5.41) is 0. The summed E-state index contributed by atoms with van der Waals surface area (Å²) in [6.07, 6.45) is 24.9. The van der Waals surface area contributed by atoms with Crippen molar-refractivity contribution in [1.29, 1.82) is 0 Å². The second-order valence-electron chi connectivity index (χ2n) is 6.30. The van der Waals surface area contributed by atoms with E-state index in [1.807, 2.05) is 0 Å². The predicted octanol–water partition coefficient (Wildman–Crippen LogP) is 1.29. The average Bonchev–Trinajstić information content (AvgIpc) is 2.43. The van der Waals surface area contributed by atoms with E-state index < -0.39 is 0 Å². The van der Waals surface area contributed by atoms with Gasteiger partial charge in [0, 0.05) is 0 Å². The molecule has 0 unspecified atom stereocenters. The standard InChI is InChI=1S/C19H40.Ca.2ClH/c1-3-5-7-9-11-13-15-17-19-18-16-14-12-10-8-6-4-2;;;/h3-19H2,1-2H3;;2*1H/q;+2;;/p-2. The Morgan fingerprint density at radius 3 is 0.591 bits per heavy atom. The first kappa shape index (κ1) is 31.6. The zero-order valence-electron chi connectivity index (χ0n) is 15.5. The first-order chi connectivity index (χ1) is 9.41. The third-order valence-electron chi connectivity index (χ3n) is 4.21. The van der Waals surface area contributed by atoms with Gasteiger partial charge >= 0.3 is 37.7 Å². The molecule has 0 N–H and O–H groups in total. The molecule has 0 nitrogen and oxygen atoms in total. The van der Waals surface area contributed by atoms with Gasteiger partial charge in [-0.3, -0.25) is 0 Å². The molecule has 0 atom stereocenters. The maximum atomic E-state index is 2.30. The van der Waals surface area contributed by atoms with Gasteiger partial charge in [0.05, 0.1) is 0 Å². The number of rotatable bonds is 16. The number of hydrogen-bond donors (Lipinski definition) is 0. The maximum absolute atomic E-state index is 2.30. The summed E-state index contributed by atoms with van der Waals surface area (Å²) in [6, 6.07) is 0. The summed E-state index contributed by atoms with van der Waals surface area (Å²) in [5.41, 5.74) is 0. The van der Waals surface area contributed by atoms with Crippen molar-refractivity contribution in [3.05, 3.63) is 0 Å². The van der Waals surface area contributed by atoms with Crippen LogP contribution in [0.4, 0.5) is 0 Å². The Hall–Kier alpha value is 1.84. The summed E-state index contributed by atoms with van der Waals surface area (Å²) in [5.74, 6) is 0. The zero-order valence-corrected chi connectivity index (χ0v) is 19.2. The van der Waals surface area contributed by atoms with E-state index in [2.05, 4.69) is 13.8 Å². The summed E-state index contributed by atoms with van der Waals surface area (Å²) >= 11 is 0. The summed E-state index contributed by atoms with van der Waals surface area (Å²) in [6.45, 7) is 4.59. The van der Waals surface area contributed by atoms with Crippen LogP contribution in [-0.2, 0) is 0 Å². The Labute approximate surface area is 184 Å². The number of hydrogen-bond acceptors (Lipinski definition) is 0. The Balaban J connectivity index is -0.000000540. The molecule has 0 aliphatic carbocycles. The second kappa shape index (κ2) is 30.7. The monoisotopic (exact) mass is 378 g/mol. The van der Waals surface area contributed by atoms with Crippen LogP contribution in [-0.4, -0.2) is 37.7 Å². The quantitative estimate of drug-likeness (QED) is 0.280. The topological polar surface area (TPSA) is 0 Å². The van der Waals surface area contributed by atoms with E-state index in [0.717, 1.165) is 0 Å². The third-order valence-corrected chi connectivity index (χ3v) is 4.21. The summed E-state index contributed by atoms with van der Waals surface area (Å²) < 4.78 is 0. The molecule has 0 aliphatic rings. The van der Waals surface area contributed by atoms with Crippen LogP contribution in [0.5, 0.6) is 0 Å². The van der Waals surface area contributed by atoms with Crippen molar-refractivity contribution >= 4 is 37.7 Å². The van der Waals surface area contributed by atoms with Gasteiger partial charge in [-0.25, -0.2) is 0 Å². The minimum absolute atomic E-state index is 0. The molecular formula is C19H40CaCl2. The van der Waals surface area contributed by atoms with E-state index in [1.165, 1.54) is 109 Å². The minimum Gasteiger partial charge on any atom is -1.00 e. The van der Waals surface area contributed by atoms with Gasteiger partial charge in [0.15, 0.2) is 0 Å². The molecule has 0 amide bonds. The van der Waals surface area contributed by atoms with E-state index in [-0.39, 0.29) is 62.6 Å². The molecule has 0 saturated heterocycles. The van der Waals surface area contributed by atoms with Gasteiger partial charge in [-0.05, 0) is 0 Å². The molecule has 0 rings (SSSR count). The molecular weight excluding hydrogens is 339 g/mol. The van der Waals surface area contributed by atoms with E-state index >= 15 is 0 Å². The first-order valence-electron chi connectivity index (χ1n) is 9.41. The van der Waals surface area contributed by atoms with Gasteiger partial charge in [-0.15, -0.1) is 0 Å². The van der Waals surface area contributed by atoms with Gasteiger partial charge in [0.1, 0.15) is 0 Å². The molecule has 0 aliphatic heterocycles. The van der Waals surface area contributed by atoms with E-state index in [9.17, 15) is 0 Å². The molecule has 0 spiro atoms.